The molecule has 1 unspecified atom stereocenters. The van der Waals surface area contributed by atoms with Crippen LogP contribution in [0.5, 0.6) is 0 Å². The van der Waals surface area contributed by atoms with Crippen LogP contribution in [0.3, 0.4) is 0 Å². The van der Waals surface area contributed by atoms with Crippen molar-refractivity contribution in [2.24, 2.45) is 5.92 Å². The maximum absolute atomic E-state index is 13.2. The maximum atomic E-state index is 13.2. The van der Waals surface area contributed by atoms with Crippen LogP contribution in [0.15, 0.2) is 23.8 Å². The number of hydrogen-bond acceptors (Lipinski definition) is 3. The topological polar surface area (TPSA) is 15.7 Å². The van der Waals surface area contributed by atoms with Gasteiger partial charge in [0, 0.05) is 26.2 Å². The van der Waals surface area contributed by atoms with Crippen LogP contribution in [-0.2, 0) is 4.74 Å². The molecule has 0 aromatic heterocycles. The molecule has 0 amide bonds. The third-order valence-electron chi connectivity index (χ3n) is 5.49. The zero-order chi connectivity index (χ0) is 21.4. The van der Waals surface area contributed by atoms with Gasteiger partial charge in [-0.1, -0.05) is 58.8 Å². The fourth-order valence-corrected chi connectivity index (χ4v) is 3.16. The average Bonchev–Trinajstić information content (AvgIpc) is 2.74. The normalized spacial score (nSPS) is 20.5. The highest BCUT2D eigenvalue weighted by atomic mass is 19.1. The molecular formula is C24H47FN2O. The summed E-state index contributed by atoms with van der Waals surface area (Å²) in [6.07, 6.45) is 6.02. The minimum absolute atomic E-state index is 0.522. The molecule has 0 saturated carbocycles. The summed E-state index contributed by atoms with van der Waals surface area (Å²) in [4.78, 5) is 5.04. The van der Waals surface area contributed by atoms with Gasteiger partial charge in [0.25, 0.3) is 0 Å². The van der Waals surface area contributed by atoms with Crippen LogP contribution in [0.1, 0.15) is 67.2 Å². The second kappa shape index (κ2) is 17.2. The van der Waals surface area contributed by atoms with Gasteiger partial charge in [0.1, 0.15) is 6.17 Å². The quantitative estimate of drug-likeness (QED) is 0.510. The molecule has 28 heavy (non-hydrogen) atoms. The number of ether oxygens (including phenoxy) is 1. The Bertz CT molecular complexity index is 407. The number of halogens is 1. The summed E-state index contributed by atoms with van der Waals surface area (Å²) in [6, 6.07) is 0. The highest BCUT2D eigenvalue weighted by molar-refractivity contribution is 5.24. The van der Waals surface area contributed by atoms with Crippen molar-refractivity contribution >= 4 is 0 Å². The summed E-state index contributed by atoms with van der Waals surface area (Å²) in [5.74, 6) is 0.522. The van der Waals surface area contributed by atoms with E-state index in [-0.39, 0.29) is 0 Å². The van der Waals surface area contributed by atoms with Crippen LogP contribution in [-0.4, -0.2) is 68.5 Å². The summed E-state index contributed by atoms with van der Waals surface area (Å²) in [5.41, 5.74) is 1.90. The van der Waals surface area contributed by atoms with Crippen molar-refractivity contribution in [3.63, 3.8) is 0 Å². The fourth-order valence-electron chi connectivity index (χ4n) is 3.16. The van der Waals surface area contributed by atoms with Crippen molar-refractivity contribution in [3.8, 4) is 0 Å². The van der Waals surface area contributed by atoms with Crippen molar-refractivity contribution < 1.29 is 9.13 Å². The van der Waals surface area contributed by atoms with E-state index >= 15 is 0 Å². The lowest BCUT2D eigenvalue weighted by atomic mass is 9.88. The van der Waals surface area contributed by atoms with Gasteiger partial charge in [0.05, 0.1) is 13.2 Å². The third kappa shape index (κ3) is 12.0. The van der Waals surface area contributed by atoms with Crippen molar-refractivity contribution in [3.05, 3.63) is 23.8 Å². The van der Waals surface area contributed by atoms with E-state index in [1.54, 1.807) is 6.92 Å². The number of unbranched alkanes of at least 4 members (excludes halogenated alkanes) is 1. The van der Waals surface area contributed by atoms with E-state index in [1.165, 1.54) is 12.8 Å². The summed E-state index contributed by atoms with van der Waals surface area (Å²) in [7, 11) is 0. The molecule has 2 aliphatic rings. The molecule has 0 aromatic carbocycles. The number of likely N-dealkylation sites (tertiary alicyclic amines) is 1. The molecule has 0 spiro atoms. The van der Waals surface area contributed by atoms with Gasteiger partial charge in [0.2, 0.25) is 0 Å². The van der Waals surface area contributed by atoms with Crippen LogP contribution in [0.2, 0.25) is 0 Å². The number of rotatable bonds is 7. The Kier molecular flexibility index (Phi) is 16.7. The smallest absolute Gasteiger partial charge is 0.118 e. The molecule has 2 rings (SSSR count). The second-order valence-electron chi connectivity index (χ2n) is 7.65. The van der Waals surface area contributed by atoms with E-state index in [2.05, 4.69) is 30.2 Å². The minimum atomic E-state index is -0.870. The highest BCUT2D eigenvalue weighted by Gasteiger charge is 2.21. The Morgan fingerprint density at radius 3 is 1.93 bits per heavy atom. The van der Waals surface area contributed by atoms with Gasteiger partial charge in [-0.15, -0.1) is 0 Å². The first-order valence-corrected chi connectivity index (χ1v) is 11.5. The molecule has 4 heteroatoms. The Morgan fingerprint density at radius 2 is 1.50 bits per heavy atom. The summed E-state index contributed by atoms with van der Waals surface area (Å²) in [6.45, 7) is 24.4. The molecule has 0 aromatic rings. The van der Waals surface area contributed by atoms with Crippen LogP contribution < -0.4 is 0 Å². The fraction of sp³-hybridized carbons (Fsp3) is 0.833. The zero-order valence-corrected chi connectivity index (χ0v) is 19.6. The molecule has 3 nitrogen and oxygen atoms in total. The van der Waals surface area contributed by atoms with Gasteiger partial charge >= 0.3 is 0 Å². The maximum Gasteiger partial charge on any atom is 0.118 e. The SMILES string of the molecule is C=C(/C=C(\C)C(C)F)C1CCN(CCN2CCOCC2)CC1.CC.CCCC. The van der Waals surface area contributed by atoms with Gasteiger partial charge < -0.3 is 9.64 Å². The predicted molar refractivity (Wildman–Crippen MR) is 122 cm³/mol. The Balaban J connectivity index is 0.00000108. The largest absolute Gasteiger partial charge is 0.379 e. The molecule has 1 atom stereocenters. The Hall–Kier alpha value is -0.710. The Labute approximate surface area is 175 Å². The standard InChI is InChI=1S/C18H31FN2O.C4H10.C2H6/c1-15(17(3)19)14-16(2)18-4-6-20(7-5-18)8-9-21-10-12-22-13-11-21;1-3-4-2;1-2/h14,17-18H,2,4-13H2,1,3H3;3-4H2,1-2H3;1-2H3/b15-14+;;. The monoisotopic (exact) mass is 398 g/mol. The van der Waals surface area contributed by atoms with Gasteiger partial charge in [0.15, 0.2) is 0 Å². The Morgan fingerprint density at radius 1 is 1.04 bits per heavy atom. The molecule has 0 bridgehead atoms. The molecule has 0 aliphatic carbocycles. The van der Waals surface area contributed by atoms with Crippen LogP contribution in [0.25, 0.3) is 0 Å². The lowest BCUT2D eigenvalue weighted by Crippen LogP contribution is -2.43. The average molecular weight is 399 g/mol. The van der Waals surface area contributed by atoms with Crippen LogP contribution in [0.4, 0.5) is 4.39 Å². The molecular weight excluding hydrogens is 351 g/mol. The van der Waals surface area contributed by atoms with E-state index < -0.39 is 6.17 Å². The molecule has 2 heterocycles. The first-order valence-electron chi connectivity index (χ1n) is 11.5. The first-order chi connectivity index (χ1) is 13.5. The summed E-state index contributed by atoms with van der Waals surface area (Å²) in [5, 5.41) is 0. The minimum Gasteiger partial charge on any atom is -0.379 e. The molecule has 166 valence electrons. The van der Waals surface area contributed by atoms with Crippen molar-refractivity contribution in [2.45, 2.75) is 73.4 Å². The summed E-state index contributed by atoms with van der Waals surface area (Å²) >= 11 is 0. The third-order valence-corrected chi connectivity index (χ3v) is 5.49. The zero-order valence-electron chi connectivity index (χ0n) is 19.6. The number of piperidine rings is 1. The van der Waals surface area contributed by atoms with E-state index in [9.17, 15) is 4.39 Å². The lowest BCUT2D eigenvalue weighted by molar-refractivity contribution is 0.0318. The van der Waals surface area contributed by atoms with Gasteiger partial charge in [-0.25, -0.2) is 4.39 Å². The van der Waals surface area contributed by atoms with E-state index in [4.69, 9.17) is 4.74 Å². The van der Waals surface area contributed by atoms with Crippen LogP contribution >= 0.6 is 0 Å². The van der Waals surface area contributed by atoms with Crippen molar-refractivity contribution in [1.82, 2.24) is 9.80 Å². The summed E-state index contributed by atoms with van der Waals surface area (Å²) < 4.78 is 18.6. The molecule has 2 aliphatic heterocycles. The first kappa shape index (κ1) is 27.3. The molecule has 2 saturated heterocycles. The number of alkyl halides is 1. The highest BCUT2D eigenvalue weighted by Crippen LogP contribution is 2.25. The van der Waals surface area contributed by atoms with Gasteiger partial charge in [-0.05, 0) is 51.3 Å². The van der Waals surface area contributed by atoms with Crippen molar-refractivity contribution in [1.29, 1.82) is 0 Å². The van der Waals surface area contributed by atoms with Crippen molar-refractivity contribution in [2.75, 3.05) is 52.5 Å². The number of hydrogen-bond donors (Lipinski definition) is 0. The van der Waals surface area contributed by atoms with Gasteiger partial charge in [-0.2, -0.15) is 0 Å². The lowest BCUT2D eigenvalue weighted by Gasteiger charge is -2.34. The molecule has 0 N–H and O–H groups in total. The van der Waals surface area contributed by atoms with E-state index in [0.29, 0.717) is 5.92 Å². The predicted octanol–water partition coefficient (Wildman–Crippen LogP) is 5.72. The number of nitrogens with zero attached hydrogens (tertiary/aromatic N) is 2. The number of allylic oxidation sites excluding steroid dienone is 3. The van der Waals surface area contributed by atoms with Gasteiger partial charge in [-0.3, -0.25) is 4.90 Å². The van der Waals surface area contributed by atoms with E-state index in [0.717, 1.165) is 76.5 Å². The molecule has 2 fully saturated rings. The van der Waals surface area contributed by atoms with Crippen LogP contribution in [0, 0.1) is 5.92 Å². The van der Waals surface area contributed by atoms with E-state index in [1.807, 2.05) is 26.8 Å². The molecule has 0 radical (unpaired) electrons. The number of morpholine rings is 1. The second-order valence-corrected chi connectivity index (χ2v) is 7.65.